The maximum Gasteiger partial charge on any atom is 0.323 e. The molecule has 7 nitrogen and oxygen atoms in total. The van der Waals surface area contributed by atoms with Crippen molar-refractivity contribution in [2.45, 2.75) is 46.1 Å². The van der Waals surface area contributed by atoms with E-state index in [1.54, 1.807) is 0 Å². The van der Waals surface area contributed by atoms with Crippen LogP contribution in [-0.4, -0.2) is 34.1 Å². The summed E-state index contributed by atoms with van der Waals surface area (Å²) in [5.41, 5.74) is 2.48. The van der Waals surface area contributed by atoms with Crippen molar-refractivity contribution in [3.05, 3.63) is 0 Å². The third kappa shape index (κ3) is 4.19. The summed E-state index contributed by atoms with van der Waals surface area (Å²) in [5.74, 6) is 7.17. The molecule has 1 aliphatic rings. The molecule has 1 saturated carbocycles. The summed E-state index contributed by atoms with van der Waals surface area (Å²) in [7, 11) is 0. The molecule has 7 heteroatoms. The number of nitrogens with one attached hydrogen (secondary N) is 1. The van der Waals surface area contributed by atoms with Gasteiger partial charge in [-0.15, -0.1) is 0 Å². The highest BCUT2D eigenvalue weighted by Crippen LogP contribution is 2.31. The molecule has 0 aliphatic heterocycles. The summed E-state index contributed by atoms with van der Waals surface area (Å²) in [6, 6.07) is 0.315. The lowest BCUT2D eigenvalue weighted by Crippen LogP contribution is -2.29. The van der Waals surface area contributed by atoms with Gasteiger partial charge in [-0.2, -0.15) is 15.0 Å². The molecule has 1 aromatic heterocycles. The molecule has 0 amide bonds. The van der Waals surface area contributed by atoms with Crippen molar-refractivity contribution in [3.8, 4) is 6.01 Å². The number of hydrogen-bond acceptors (Lipinski definition) is 7. The fourth-order valence-corrected chi connectivity index (χ4v) is 1.97. The molecule has 0 unspecified atom stereocenters. The average molecular weight is 280 g/mol. The highest BCUT2D eigenvalue weighted by molar-refractivity contribution is 5.38. The highest BCUT2D eigenvalue weighted by Gasteiger charge is 2.26. The summed E-state index contributed by atoms with van der Waals surface area (Å²) >= 11 is 0. The van der Waals surface area contributed by atoms with Crippen LogP contribution in [0.1, 0.15) is 40.0 Å². The molecule has 112 valence electrons. The minimum atomic E-state index is 0.0129. The molecule has 1 aromatic rings. The van der Waals surface area contributed by atoms with Gasteiger partial charge in [-0.05, 0) is 39.0 Å². The Labute approximate surface area is 119 Å². The van der Waals surface area contributed by atoms with Gasteiger partial charge in [0.25, 0.3) is 0 Å². The summed E-state index contributed by atoms with van der Waals surface area (Å²) in [5, 5.41) is 0. The summed E-state index contributed by atoms with van der Waals surface area (Å²) in [6.45, 7) is 7.93. The van der Waals surface area contributed by atoms with E-state index in [9.17, 15) is 0 Å². The van der Waals surface area contributed by atoms with E-state index in [2.05, 4.69) is 32.2 Å². The molecule has 0 spiro atoms. The van der Waals surface area contributed by atoms with E-state index in [1.807, 2.05) is 13.8 Å². The molecular weight excluding hydrogens is 256 g/mol. The van der Waals surface area contributed by atoms with Crippen LogP contribution in [0.5, 0.6) is 6.01 Å². The molecule has 0 radical (unpaired) electrons. The Kier molecular flexibility index (Phi) is 4.94. The number of nitrogen functional groups attached to an aromatic ring is 1. The van der Waals surface area contributed by atoms with Crippen molar-refractivity contribution in [1.29, 1.82) is 0 Å². The van der Waals surface area contributed by atoms with Crippen LogP contribution in [0.3, 0.4) is 0 Å². The van der Waals surface area contributed by atoms with Gasteiger partial charge in [-0.25, -0.2) is 5.84 Å². The number of hydrazine groups is 1. The first-order valence-corrected chi connectivity index (χ1v) is 7.26. The Morgan fingerprint density at radius 1 is 1.35 bits per heavy atom. The zero-order valence-electron chi connectivity index (χ0n) is 12.5. The van der Waals surface area contributed by atoms with Gasteiger partial charge in [-0.3, -0.25) is 5.43 Å². The largest absolute Gasteiger partial charge is 0.461 e. The van der Waals surface area contributed by atoms with Gasteiger partial charge in [0.15, 0.2) is 0 Å². The Bertz CT molecular complexity index is 435. The Balaban J connectivity index is 2.21. The van der Waals surface area contributed by atoms with E-state index in [0.29, 0.717) is 17.9 Å². The van der Waals surface area contributed by atoms with Crippen LogP contribution in [0.25, 0.3) is 0 Å². The van der Waals surface area contributed by atoms with Crippen LogP contribution < -0.4 is 20.9 Å². The summed E-state index contributed by atoms with van der Waals surface area (Å²) in [4.78, 5) is 15.1. The van der Waals surface area contributed by atoms with Crippen molar-refractivity contribution in [3.63, 3.8) is 0 Å². The molecule has 1 fully saturated rings. The predicted octanol–water partition coefficient (Wildman–Crippen LogP) is 1.57. The number of nitrogens with zero attached hydrogens (tertiary/aromatic N) is 4. The quantitative estimate of drug-likeness (QED) is 0.552. The second-order valence-electron chi connectivity index (χ2n) is 5.44. The Morgan fingerprint density at radius 2 is 2.10 bits per heavy atom. The van der Waals surface area contributed by atoms with Crippen LogP contribution in [0, 0.1) is 5.92 Å². The number of anilines is 2. The van der Waals surface area contributed by atoms with E-state index in [1.165, 1.54) is 12.8 Å². The number of hydrogen-bond donors (Lipinski definition) is 2. The molecule has 0 saturated heterocycles. The lowest BCUT2D eigenvalue weighted by Gasteiger charge is -2.22. The minimum Gasteiger partial charge on any atom is -0.461 e. The zero-order valence-corrected chi connectivity index (χ0v) is 12.5. The lowest BCUT2D eigenvalue weighted by atomic mass is 10.3. The predicted molar refractivity (Wildman–Crippen MR) is 78.6 cm³/mol. The molecule has 20 heavy (non-hydrogen) atoms. The van der Waals surface area contributed by atoms with Gasteiger partial charge in [-0.1, -0.05) is 6.92 Å². The first-order valence-electron chi connectivity index (χ1n) is 7.26. The smallest absolute Gasteiger partial charge is 0.323 e. The lowest BCUT2D eigenvalue weighted by molar-refractivity contribution is 0.222. The highest BCUT2D eigenvalue weighted by atomic mass is 16.5. The third-order valence-electron chi connectivity index (χ3n) is 3.03. The van der Waals surface area contributed by atoms with Crippen molar-refractivity contribution >= 4 is 11.9 Å². The third-order valence-corrected chi connectivity index (χ3v) is 3.03. The molecule has 0 bridgehead atoms. The first kappa shape index (κ1) is 14.8. The van der Waals surface area contributed by atoms with E-state index in [0.717, 1.165) is 25.4 Å². The van der Waals surface area contributed by atoms with E-state index < -0.39 is 0 Å². The average Bonchev–Trinajstić information content (AvgIpc) is 3.21. The van der Waals surface area contributed by atoms with Gasteiger partial charge < -0.3 is 9.64 Å². The Hall–Kier alpha value is -1.63. The van der Waals surface area contributed by atoms with E-state index in [4.69, 9.17) is 10.6 Å². The van der Waals surface area contributed by atoms with Crippen molar-refractivity contribution in [2.75, 3.05) is 23.4 Å². The fourth-order valence-electron chi connectivity index (χ4n) is 1.97. The van der Waals surface area contributed by atoms with Crippen LogP contribution in [0.2, 0.25) is 0 Å². The van der Waals surface area contributed by atoms with Crippen LogP contribution >= 0.6 is 0 Å². The molecule has 1 aliphatic carbocycles. The maximum absolute atomic E-state index is 5.56. The van der Waals surface area contributed by atoms with Crippen molar-refractivity contribution in [1.82, 2.24) is 15.0 Å². The molecule has 1 heterocycles. The second-order valence-corrected chi connectivity index (χ2v) is 5.44. The standard InChI is InChI=1S/C13H24N6O/c1-4-7-19(8-10-5-6-10)12-15-11(18-14)16-13(17-12)20-9(2)3/h9-10H,4-8,14H2,1-3H3,(H,15,16,17,18). The summed E-state index contributed by atoms with van der Waals surface area (Å²) in [6.07, 6.45) is 3.65. The Morgan fingerprint density at radius 3 is 2.65 bits per heavy atom. The normalized spacial score (nSPS) is 14.4. The fraction of sp³-hybridized carbons (Fsp3) is 0.769. The van der Waals surface area contributed by atoms with Gasteiger partial charge >= 0.3 is 6.01 Å². The SMILES string of the molecule is CCCN(CC1CC1)c1nc(NN)nc(OC(C)C)n1. The molecular formula is C13H24N6O. The van der Waals surface area contributed by atoms with Crippen molar-refractivity contribution < 1.29 is 4.74 Å². The van der Waals surface area contributed by atoms with Gasteiger partial charge in [0.1, 0.15) is 0 Å². The van der Waals surface area contributed by atoms with E-state index in [-0.39, 0.29) is 6.10 Å². The maximum atomic E-state index is 5.56. The number of aromatic nitrogens is 3. The number of ether oxygens (including phenoxy) is 1. The van der Waals surface area contributed by atoms with Gasteiger partial charge in [0.05, 0.1) is 6.10 Å². The topological polar surface area (TPSA) is 89.2 Å². The minimum absolute atomic E-state index is 0.0129. The van der Waals surface area contributed by atoms with Gasteiger partial charge in [0, 0.05) is 13.1 Å². The van der Waals surface area contributed by atoms with Crippen LogP contribution in [0.15, 0.2) is 0 Å². The molecule has 2 rings (SSSR count). The monoisotopic (exact) mass is 280 g/mol. The summed E-state index contributed by atoms with van der Waals surface area (Å²) < 4.78 is 5.56. The first-order chi connectivity index (χ1) is 9.62. The van der Waals surface area contributed by atoms with Crippen molar-refractivity contribution in [2.24, 2.45) is 11.8 Å². The van der Waals surface area contributed by atoms with Gasteiger partial charge in [0.2, 0.25) is 11.9 Å². The van der Waals surface area contributed by atoms with E-state index >= 15 is 0 Å². The number of rotatable bonds is 8. The molecule has 3 N–H and O–H groups in total. The second kappa shape index (κ2) is 6.69. The number of nitrogens with two attached hydrogens (primary N) is 1. The zero-order chi connectivity index (χ0) is 14.5. The van der Waals surface area contributed by atoms with Crippen LogP contribution in [0.4, 0.5) is 11.9 Å². The molecule has 0 aromatic carbocycles. The van der Waals surface area contributed by atoms with Crippen LogP contribution in [-0.2, 0) is 0 Å². The molecule has 0 atom stereocenters.